The molecule has 0 amide bonds. The molecule has 2 aromatic rings. The Morgan fingerprint density at radius 3 is 2.28 bits per heavy atom. The van der Waals surface area contributed by atoms with Gasteiger partial charge in [-0.3, -0.25) is 0 Å². The van der Waals surface area contributed by atoms with Crippen molar-refractivity contribution in [3.63, 3.8) is 0 Å². The van der Waals surface area contributed by atoms with Crippen LogP contribution in [0.3, 0.4) is 0 Å². The van der Waals surface area contributed by atoms with Crippen molar-refractivity contribution in [1.29, 1.82) is 0 Å². The maximum atomic E-state index is 13.6. The topological polar surface area (TPSA) is 9.23 Å². The van der Waals surface area contributed by atoms with Crippen LogP contribution in [0.5, 0.6) is 5.75 Å². The molecule has 0 aliphatic carbocycles. The van der Waals surface area contributed by atoms with Crippen LogP contribution < -0.4 is 4.74 Å². The molecule has 93 valence electrons. The molecule has 0 bridgehead atoms. The van der Waals surface area contributed by atoms with Crippen LogP contribution in [0, 0.1) is 17.7 Å². The normalized spacial score (nSPS) is 10.7. The smallest absolute Gasteiger partial charge is 0.387 e. The van der Waals surface area contributed by atoms with E-state index < -0.39 is 29.6 Å². The number of ether oxygens (including phenoxy) is 1. The van der Waals surface area contributed by atoms with Crippen molar-refractivity contribution in [3.05, 3.63) is 54.1 Å². The third-order valence-electron chi connectivity index (χ3n) is 2.26. The highest BCUT2D eigenvalue weighted by Gasteiger charge is 2.17. The quantitative estimate of drug-likeness (QED) is 0.752. The minimum Gasteiger partial charge on any atom is -0.434 e. The molecule has 0 atom stereocenters. The van der Waals surface area contributed by atoms with E-state index in [-0.39, 0.29) is 5.56 Å². The zero-order chi connectivity index (χ0) is 13.1. The van der Waals surface area contributed by atoms with Crippen LogP contribution in [0.2, 0.25) is 0 Å². The first kappa shape index (κ1) is 12.4. The zero-order valence-electron chi connectivity index (χ0n) is 8.96. The number of benzene rings is 2. The van der Waals surface area contributed by atoms with E-state index in [4.69, 9.17) is 0 Å². The number of halogens is 4. The third kappa shape index (κ3) is 2.45. The average molecular weight is 255 g/mol. The summed E-state index contributed by atoms with van der Waals surface area (Å²) in [5.74, 6) is -2.10. The van der Waals surface area contributed by atoms with E-state index in [1.807, 2.05) is 0 Å². The van der Waals surface area contributed by atoms with Crippen molar-refractivity contribution in [3.8, 4) is 16.9 Å². The van der Waals surface area contributed by atoms with Gasteiger partial charge in [-0.2, -0.15) is 8.78 Å². The van der Waals surface area contributed by atoms with Gasteiger partial charge in [0.2, 0.25) is 0 Å². The van der Waals surface area contributed by atoms with Crippen molar-refractivity contribution in [1.82, 2.24) is 0 Å². The second kappa shape index (κ2) is 5.08. The number of para-hydroxylation sites is 1. The Morgan fingerprint density at radius 2 is 1.67 bits per heavy atom. The van der Waals surface area contributed by atoms with Crippen LogP contribution in [-0.2, 0) is 0 Å². The lowest BCUT2D eigenvalue weighted by atomic mass is 10.0. The Balaban J connectivity index is 2.57. The molecule has 0 N–H and O–H groups in total. The molecule has 0 heterocycles. The summed E-state index contributed by atoms with van der Waals surface area (Å²) in [6, 6.07) is 9.69. The molecule has 1 nitrogen and oxygen atoms in total. The first-order chi connectivity index (χ1) is 8.59. The Hall–Kier alpha value is -2.04. The average Bonchev–Trinajstić information content (AvgIpc) is 2.30. The lowest BCUT2D eigenvalue weighted by Crippen LogP contribution is -2.04. The fraction of sp³-hybridized carbons (Fsp3) is 0.0769. The molecule has 0 fully saturated rings. The van der Waals surface area contributed by atoms with Crippen molar-refractivity contribution >= 4 is 0 Å². The van der Waals surface area contributed by atoms with Gasteiger partial charge in [-0.05, 0) is 12.1 Å². The van der Waals surface area contributed by atoms with Gasteiger partial charge in [0, 0.05) is 11.6 Å². The van der Waals surface area contributed by atoms with Gasteiger partial charge in [0.25, 0.3) is 0 Å². The maximum absolute atomic E-state index is 13.6. The Kier molecular flexibility index (Phi) is 3.50. The van der Waals surface area contributed by atoms with Gasteiger partial charge in [0.15, 0.2) is 0 Å². The van der Waals surface area contributed by atoms with E-state index in [0.717, 1.165) is 12.1 Å². The molecular weight excluding hydrogens is 248 g/mol. The monoisotopic (exact) mass is 255 g/mol. The van der Waals surface area contributed by atoms with Crippen LogP contribution >= 0.6 is 0 Å². The molecule has 0 saturated carbocycles. The molecule has 0 aromatic heterocycles. The number of hydrogen-bond donors (Lipinski definition) is 0. The van der Waals surface area contributed by atoms with E-state index in [1.54, 1.807) is 0 Å². The van der Waals surface area contributed by atoms with Crippen LogP contribution in [0.1, 0.15) is 0 Å². The SMILES string of the molecule is Fc1cccc(F)c1-c1ccc[c]c1OC(F)F. The second-order valence-corrected chi connectivity index (χ2v) is 3.39. The molecular formula is C13H7F4O. The predicted molar refractivity (Wildman–Crippen MR) is 57.3 cm³/mol. The van der Waals surface area contributed by atoms with Gasteiger partial charge < -0.3 is 4.74 Å². The predicted octanol–water partition coefficient (Wildman–Crippen LogP) is 4.03. The van der Waals surface area contributed by atoms with Gasteiger partial charge in [-0.15, -0.1) is 0 Å². The lowest BCUT2D eigenvalue weighted by molar-refractivity contribution is -0.0496. The van der Waals surface area contributed by atoms with Crippen molar-refractivity contribution in [2.24, 2.45) is 0 Å². The van der Waals surface area contributed by atoms with Crippen LogP contribution in [0.25, 0.3) is 11.1 Å². The summed E-state index contributed by atoms with van der Waals surface area (Å²) in [5, 5.41) is 0. The summed E-state index contributed by atoms with van der Waals surface area (Å²) in [5.41, 5.74) is -0.515. The van der Waals surface area contributed by atoms with Gasteiger partial charge in [0.05, 0.1) is 5.56 Å². The van der Waals surface area contributed by atoms with Crippen LogP contribution in [0.15, 0.2) is 36.4 Å². The summed E-state index contributed by atoms with van der Waals surface area (Å²) in [6.45, 7) is -3.09. The van der Waals surface area contributed by atoms with Crippen molar-refractivity contribution < 1.29 is 22.3 Å². The lowest BCUT2D eigenvalue weighted by Gasteiger charge is -2.11. The molecule has 1 radical (unpaired) electrons. The van der Waals surface area contributed by atoms with Gasteiger partial charge >= 0.3 is 6.61 Å². The van der Waals surface area contributed by atoms with E-state index >= 15 is 0 Å². The Labute approximate surface area is 101 Å². The van der Waals surface area contributed by atoms with E-state index in [1.165, 1.54) is 24.3 Å². The standard InChI is InChI=1S/C13H7F4O/c14-9-5-3-6-10(15)12(9)8-4-1-2-7-11(8)18-13(16)17/h1-6,13H. The molecule has 0 unspecified atom stereocenters. The molecule has 5 heteroatoms. The number of alkyl halides is 2. The van der Waals surface area contributed by atoms with Crippen molar-refractivity contribution in [2.75, 3.05) is 0 Å². The van der Waals surface area contributed by atoms with Gasteiger partial charge in [0.1, 0.15) is 17.4 Å². The van der Waals surface area contributed by atoms with E-state index in [0.29, 0.717) is 0 Å². The summed E-state index contributed by atoms with van der Waals surface area (Å²) in [6.07, 6.45) is 0. The summed E-state index contributed by atoms with van der Waals surface area (Å²) in [4.78, 5) is 0. The fourth-order valence-electron chi connectivity index (χ4n) is 1.56. The minimum absolute atomic E-state index is 0.103. The molecule has 18 heavy (non-hydrogen) atoms. The maximum Gasteiger partial charge on any atom is 0.387 e. The molecule has 0 saturated heterocycles. The molecule has 0 spiro atoms. The highest BCUT2D eigenvalue weighted by atomic mass is 19.3. The first-order valence-electron chi connectivity index (χ1n) is 4.99. The Morgan fingerprint density at radius 1 is 1.00 bits per heavy atom. The summed E-state index contributed by atoms with van der Waals surface area (Å²) >= 11 is 0. The zero-order valence-corrected chi connectivity index (χ0v) is 8.96. The molecule has 0 aliphatic rings. The molecule has 0 aliphatic heterocycles. The highest BCUT2D eigenvalue weighted by Crippen LogP contribution is 2.33. The van der Waals surface area contributed by atoms with Gasteiger partial charge in [-0.1, -0.05) is 24.3 Å². The van der Waals surface area contributed by atoms with Crippen LogP contribution in [0.4, 0.5) is 17.6 Å². The Bertz CT molecular complexity index is 534. The largest absolute Gasteiger partial charge is 0.434 e. The van der Waals surface area contributed by atoms with Crippen LogP contribution in [-0.4, -0.2) is 6.61 Å². The highest BCUT2D eigenvalue weighted by molar-refractivity contribution is 5.71. The fourth-order valence-corrected chi connectivity index (χ4v) is 1.56. The number of hydrogen-bond acceptors (Lipinski definition) is 1. The van der Waals surface area contributed by atoms with Crippen molar-refractivity contribution in [2.45, 2.75) is 6.61 Å². The second-order valence-electron chi connectivity index (χ2n) is 3.39. The summed E-state index contributed by atoms with van der Waals surface area (Å²) in [7, 11) is 0. The van der Waals surface area contributed by atoms with Gasteiger partial charge in [-0.25, -0.2) is 8.78 Å². The summed E-state index contributed by atoms with van der Waals surface area (Å²) < 4.78 is 55.7. The van der Waals surface area contributed by atoms with E-state index in [9.17, 15) is 17.6 Å². The number of rotatable bonds is 3. The molecule has 2 rings (SSSR count). The third-order valence-corrected chi connectivity index (χ3v) is 2.26. The molecule has 2 aromatic carbocycles. The minimum atomic E-state index is -3.09. The van der Waals surface area contributed by atoms with E-state index in [2.05, 4.69) is 10.8 Å². The first-order valence-corrected chi connectivity index (χ1v) is 4.99.